The van der Waals surface area contributed by atoms with Crippen molar-refractivity contribution in [3.8, 4) is 0 Å². The first-order valence-electron chi connectivity index (χ1n) is 7.29. The van der Waals surface area contributed by atoms with Crippen molar-refractivity contribution in [1.29, 1.82) is 0 Å². The molecule has 20 heavy (non-hydrogen) atoms. The summed E-state index contributed by atoms with van der Waals surface area (Å²) in [5.74, 6) is 0.899. The Bertz CT molecular complexity index is 640. The van der Waals surface area contributed by atoms with E-state index in [9.17, 15) is 0 Å². The number of aromatic nitrogens is 2. The predicted molar refractivity (Wildman–Crippen MR) is 83.5 cm³/mol. The molecule has 106 valence electrons. The Labute approximate surface area is 120 Å². The number of rotatable bonds is 3. The Morgan fingerprint density at radius 1 is 1.25 bits per heavy atom. The highest BCUT2D eigenvalue weighted by Gasteiger charge is 2.16. The van der Waals surface area contributed by atoms with Gasteiger partial charge in [-0.3, -0.25) is 0 Å². The van der Waals surface area contributed by atoms with Gasteiger partial charge in [-0.15, -0.1) is 0 Å². The second kappa shape index (κ2) is 4.85. The Hall–Kier alpha value is -1.97. The second-order valence-electron chi connectivity index (χ2n) is 5.85. The highest BCUT2D eigenvalue weighted by Crippen LogP contribution is 2.31. The SMILES string of the molecule is Cc1nn(C(C)C)c(Nc2ccc3c(c2)CCC3)c1N. The molecule has 0 fully saturated rings. The maximum Gasteiger partial charge on any atom is 0.152 e. The lowest BCUT2D eigenvalue weighted by molar-refractivity contribution is 0.536. The zero-order valence-electron chi connectivity index (χ0n) is 12.4. The van der Waals surface area contributed by atoms with Crippen LogP contribution in [0.15, 0.2) is 18.2 Å². The van der Waals surface area contributed by atoms with Gasteiger partial charge in [-0.05, 0) is 63.3 Å². The summed E-state index contributed by atoms with van der Waals surface area (Å²) in [4.78, 5) is 0. The molecule has 2 aromatic rings. The molecule has 0 amide bonds. The molecular weight excluding hydrogens is 248 g/mol. The Morgan fingerprint density at radius 2 is 2.00 bits per heavy atom. The van der Waals surface area contributed by atoms with Gasteiger partial charge in [0.1, 0.15) is 0 Å². The van der Waals surface area contributed by atoms with Gasteiger partial charge in [0.05, 0.1) is 11.4 Å². The number of nitrogens with one attached hydrogen (secondary N) is 1. The van der Waals surface area contributed by atoms with Crippen LogP contribution in [0.4, 0.5) is 17.2 Å². The molecule has 0 unspecified atom stereocenters. The first kappa shape index (κ1) is 13.0. The lowest BCUT2D eigenvalue weighted by Gasteiger charge is -2.14. The normalized spacial score (nSPS) is 13.8. The van der Waals surface area contributed by atoms with Gasteiger partial charge in [0.2, 0.25) is 0 Å². The summed E-state index contributed by atoms with van der Waals surface area (Å²) in [6.07, 6.45) is 3.66. The van der Waals surface area contributed by atoms with Crippen molar-refractivity contribution in [3.63, 3.8) is 0 Å². The molecule has 0 bridgehead atoms. The largest absolute Gasteiger partial charge is 0.394 e. The van der Waals surface area contributed by atoms with E-state index < -0.39 is 0 Å². The Kier molecular flexibility index (Phi) is 3.16. The molecule has 0 aliphatic heterocycles. The van der Waals surface area contributed by atoms with E-state index in [1.54, 1.807) is 0 Å². The summed E-state index contributed by atoms with van der Waals surface area (Å²) in [6.45, 7) is 6.17. The molecule has 0 radical (unpaired) electrons. The molecule has 3 N–H and O–H groups in total. The number of hydrogen-bond donors (Lipinski definition) is 2. The zero-order chi connectivity index (χ0) is 14.3. The van der Waals surface area contributed by atoms with Gasteiger partial charge in [0, 0.05) is 11.7 Å². The van der Waals surface area contributed by atoms with E-state index in [0.717, 1.165) is 22.9 Å². The van der Waals surface area contributed by atoms with Crippen molar-refractivity contribution in [2.45, 2.75) is 46.1 Å². The van der Waals surface area contributed by atoms with Crippen LogP contribution in [-0.4, -0.2) is 9.78 Å². The van der Waals surface area contributed by atoms with Crippen LogP contribution in [0.3, 0.4) is 0 Å². The average Bonchev–Trinajstić information content (AvgIpc) is 2.98. The van der Waals surface area contributed by atoms with E-state index >= 15 is 0 Å². The molecule has 3 rings (SSSR count). The van der Waals surface area contributed by atoms with Gasteiger partial charge in [-0.1, -0.05) is 6.07 Å². The van der Waals surface area contributed by atoms with Crippen molar-refractivity contribution < 1.29 is 0 Å². The number of nitrogen functional groups attached to an aromatic ring is 1. The zero-order valence-corrected chi connectivity index (χ0v) is 12.4. The van der Waals surface area contributed by atoms with E-state index in [1.807, 2.05) is 11.6 Å². The summed E-state index contributed by atoms with van der Waals surface area (Å²) in [5, 5.41) is 7.96. The van der Waals surface area contributed by atoms with E-state index in [1.165, 1.54) is 30.4 Å². The monoisotopic (exact) mass is 270 g/mol. The molecule has 4 nitrogen and oxygen atoms in total. The average molecular weight is 270 g/mol. The molecule has 0 atom stereocenters. The molecule has 1 aliphatic carbocycles. The molecule has 4 heteroatoms. The summed E-state index contributed by atoms with van der Waals surface area (Å²) in [7, 11) is 0. The molecule has 1 aromatic heterocycles. The quantitative estimate of drug-likeness (QED) is 0.896. The van der Waals surface area contributed by atoms with Crippen LogP contribution in [-0.2, 0) is 12.8 Å². The predicted octanol–water partition coefficient (Wildman–Crippen LogP) is 3.59. The summed E-state index contributed by atoms with van der Waals surface area (Å²) < 4.78 is 1.96. The van der Waals surface area contributed by atoms with Crippen molar-refractivity contribution >= 4 is 17.2 Å². The summed E-state index contributed by atoms with van der Waals surface area (Å²) >= 11 is 0. The van der Waals surface area contributed by atoms with Crippen molar-refractivity contribution in [1.82, 2.24) is 9.78 Å². The molecule has 0 saturated heterocycles. The third kappa shape index (κ3) is 2.15. The number of fused-ring (bicyclic) bond motifs is 1. The van der Waals surface area contributed by atoms with E-state index in [4.69, 9.17) is 5.73 Å². The molecular formula is C16H22N4. The van der Waals surface area contributed by atoms with Crippen LogP contribution >= 0.6 is 0 Å². The molecule has 1 heterocycles. The fraction of sp³-hybridized carbons (Fsp3) is 0.438. The van der Waals surface area contributed by atoms with Crippen LogP contribution in [0.5, 0.6) is 0 Å². The number of benzene rings is 1. The second-order valence-corrected chi connectivity index (χ2v) is 5.85. The van der Waals surface area contributed by atoms with Gasteiger partial charge < -0.3 is 11.1 Å². The van der Waals surface area contributed by atoms with Gasteiger partial charge in [0.25, 0.3) is 0 Å². The highest BCUT2D eigenvalue weighted by atomic mass is 15.4. The van der Waals surface area contributed by atoms with E-state index in [0.29, 0.717) is 0 Å². The smallest absolute Gasteiger partial charge is 0.152 e. The molecule has 0 spiro atoms. The highest BCUT2D eigenvalue weighted by molar-refractivity contribution is 5.71. The minimum atomic E-state index is 0.280. The number of hydrogen-bond acceptors (Lipinski definition) is 3. The molecule has 1 aromatic carbocycles. The Morgan fingerprint density at radius 3 is 2.75 bits per heavy atom. The van der Waals surface area contributed by atoms with Crippen LogP contribution in [0.25, 0.3) is 0 Å². The molecule has 0 saturated carbocycles. The lowest BCUT2D eigenvalue weighted by Crippen LogP contribution is -2.08. The van der Waals surface area contributed by atoms with E-state index in [2.05, 4.69) is 42.5 Å². The fourth-order valence-electron chi connectivity index (χ4n) is 2.84. The third-order valence-corrected chi connectivity index (χ3v) is 3.98. The molecule has 1 aliphatic rings. The van der Waals surface area contributed by atoms with Crippen LogP contribution in [0, 0.1) is 6.92 Å². The first-order valence-corrected chi connectivity index (χ1v) is 7.29. The lowest BCUT2D eigenvalue weighted by atomic mass is 10.1. The van der Waals surface area contributed by atoms with Crippen LogP contribution in [0.2, 0.25) is 0 Å². The number of anilines is 3. The third-order valence-electron chi connectivity index (χ3n) is 3.98. The van der Waals surface area contributed by atoms with Crippen LogP contribution < -0.4 is 11.1 Å². The van der Waals surface area contributed by atoms with Gasteiger partial charge >= 0.3 is 0 Å². The fourth-order valence-corrected chi connectivity index (χ4v) is 2.84. The van der Waals surface area contributed by atoms with Gasteiger partial charge in [-0.25, -0.2) is 4.68 Å². The number of nitrogens with zero attached hydrogens (tertiary/aromatic N) is 2. The maximum atomic E-state index is 6.16. The maximum absolute atomic E-state index is 6.16. The van der Waals surface area contributed by atoms with Gasteiger partial charge in [-0.2, -0.15) is 5.10 Å². The van der Waals surface area contributed by atoms with Crippen molar-refractivity contribution in [3.05, 3.63) is 35.0 Å². The minimum absolute atomic E-state index is 0.280. The van der Waals surface area contributed by atoms with Crippen molar-refractivity contribution in [2.75, 3.05) is 11.1 Å². The van der Waals surface area contributed by atoms with Gasteiger partial charge in [0.15, 0.2) is 5.82 Å². The number of nitrogens with two attached hydrogens (primary N) is 1. The number of aryl methyl sites for hydroxylation is 3. The minimum Gasteiger partial charge on any atom is -0.394 e. The topological polar surface area (TPSA) is 55.9 Å². The summed E-state index contributed by atoms with van der Waals surface area (Å²) in [5.41, 5.74) is 11.8. The first-order chi connectivity index (χ1) is 9.56. The van der Waals surface area contributed by atoms with Crippen molar-refractivity contribution in [2.24, 2.45) is 0 Å². The standard InChI is InChI=1S/C16H22N4/c1-10(2)20-16(15(17)11(3)19-20)18-14-8-7-12-5-4-6-13(12)9-14/h7-10,18H,4-6,17H2,1-3H3. The van der Waals surface area contributed by atoms with Crippen LogP contribution in [0.1, 0.15) is 43.1 Å². The Balaban J connectivity index is 1.95. The summed E-state index contributed by atoms with van der Waals surface area (Å²) in [6, 6.07) is 6.89. The van der Waals surface area contributed by atoms with E-state index in [-0.39, 0.29) is 6.04 Å².